The molecule has 7 heteroatoms. The number of rotatable bonds is 2. The third-order valence-corrected chi connectivity index (χ3v) is 3.08. The molecule has 0 aliphatic rings. The van der Waals surface area contributed by atoms with Crippen molar-refractivity contribution in [3.05, 3.63) is 46.6 Å². The van der Waals surface area contributed by atoms with E-state index in [-0.39, 0.29) is 11.5 Å². The number of nitrogens with two attached hydrogens (primary N) is 1. The van der Waals surface area contributed by atoms with Gasteiger partial charge in [0.05, 0.1) is 16.9 Å². The first-order chi connectivity index (χ1) is 8.88. The number of para-hydroxylation sites is 1. The first-order valence-corrected chi connectivity index (χ1v) is 6.01. The molecule has 0 fully saturated rings. The molecule has 3 nitrogen and oxygen atoms in total. The van der Waals surface area contributed by atoms with Crippen molar-refractivity contribution in [3.63, 3.8) is 0 Å². The molecule has 0 radical (unpaired) electrons. The van der Waals surface area contributed by atoms with Crippen LogP contribution in [-0.4, -0.2) is 4.98 Å². The molecule has 0 aliphatic carbocycles. The van der Waals surface area contributed by atoms with Crippen molar-refractivity contribution >= 4 is 33.1 Å². The molecule has 2 rings (SSSR count). The predicted octanol–water partition coefficient (Wildman–Crippen LogP) is 4.19. The van der Waals surface area contributed by atoms with Crippen LogP contribution in [0.3, 0.4) is 0 Å². The van der Waals surface area contributed by atoms with Gasteiger partial charge in [0.2, 0.25) is 0 Å². The van der Waals surface area contributed by atoms with Gasteiger partial charge in [-0.3, -0.25) is 0 Å². The fraction of sp³-hybridized carbons (Fsp3) is 0.0833. The van der Waals surface area contributed by atoms with E-state index in [9.17, 15) is 13.2 Å². The summed E-state index contributed by atoms with van der Waals surface area (Å²) in [4.78, 5) is 3.55. The summed E-state index contributed by atoms with van der Waals surface area (Å²) in [6.07, 6.45) is -3.74. The number of nitrogens with zero attached hydrogens (tertiary/aromatic N) is 1. The SMILES string of the molecule is Nc1ncc(C(F)(F)F)cc1Nc1ccccc1Br. The molecule has 100 valence electrons. The second kappa shape index (κ2) is 5.08. The summed E-state index contributed by atoms with van der Waals surface area (Å²) in [6.45, 7) is 0. The molecule has 1 aromatic carbocycles. The molecule has 1 aromatic heterocycles. The van der Waals surface area contributed by atoms with Crippen LogP contribution in [0.2, 0.25) is 0 Å². The average Bonchev–Trinajstić information content (AvgIpc) is 2.33. The number of nitrogens with one attached hydrogen (secondary N) is 1. The average molecular weight is 332 g/mol. The van der Waals surface area contributed by atoms with Crippen molar-refractivity contribution in [1.29, 1.82) is 0 Å². The van der Waals surface area contributed by atoms with Crippen molar-refractivity contribution in [2.45, 2.75) is 6.18 Å². The maximum absolute atomic E-state index is 12.6. The molecule has 0 spiro atoms. The number of hydrogen-bond acceptors (Lipinski definition) is 3. The molecule has 1 heterocycles. The van der Waals surface area contributed by atoms with E-state index < -0.39 is 11.7 Å². The number of nitrogen functional groups attached to an aromatic ring is 1. The van der Waals surface area contributed by atoms with Crippen LogP contribution in [0.5, 0.6) is 0 Å². The summed E-state index contributed by atoms with van der Waals surface area (Å²) in [5.74, 6) is 0.00348. The maximum Gasteiger partial charge on any atom is 0.417 e. The van der Waals surface area contributed by atoms with Gasteiger partial charge < -0.3 is 11.1 Å². The molecule has 3 N–H and O–H groups in total. The molecule has 0 aliphatic heterocycles. The van der Waals surface area contributed by atoms with Crippen LogP contribution in [0, 0.1) is 0 Å². The van der Waals surface area contributed by atoms with E-state index in [1.165, 1.54) is 0 Å². The zero-order valence-electron chi connectivity index (χ0n) is 9.50. The number of hydrogen-bond donors (Lipinski definition) is 2. The number of benzene rings is 1. The van der Waals surface area contributed by atoms with E-state index in [0.717, 1.165) is 6.07 Å². The van der Waals surface area contributed by atoms with Crippen molar-refractivity contribution in [2.24, 2.45) is 0 Å². The quantitative estimate of drug-likeness (QED) is 0.867. The van der Waals surface area contributed by atoms with Gasteiger partial charge in [0.25, 0.3) is 0 Å². The molecule has 19 heavy (non-hydrogen) atoms. The molecule has 0 saturated carbocycles. The standard InChI is InChI=1S/C12H9BrF3N3/c13-8-3-1-2-4-9(8)19-10-5-7(12(14,15)16)6-18-11(10)17/h1-6,19H,(H2,17,18). The zero-order valence-corrected chi connectivity index (χ0v) is 11.1. The number of halogens is 4. The van der Waals surface area contributed by atoms with Crippen molar-refractivity contribution < 1.29 is 13.2 Å². The van der Waals surface area contributed by atoms with E-state index in [1.54, 1.807) is 24.3 Å². The lowest BCUT2D eigenvalue weighted by Crippen LogP contribution is -2.08. The fourth-order valence-corrected chi connectivity index (χ4v) is 1.82. The van der Waals surface area contributed by atoms with Crippen LogP contribution in [0.1, 0.15) is 5.56 Å². The molecular weight excluding hydrogens is 323 g/mol. The van der Waals surface area contributed by atoms with E-state index in [0.29, 0.717) is 16.4 Å². The van der Waals surface area contributed by atoms with Gasteiger partial charge in [0, 0.05) is 10.7 Å². The van der Waals surface area contributed by atoms with Crippen molar-refractivity contribution in [2.75, 3.05) is 11.1 Å². The van der Waals surface area contributed by atoms with Gasteiger partial charge in [-0.25, -0.2) is 4.98 Å². The van der Waals surface area contributed by atoms with Crippen LogP contribution in [-0.2, 0) is 6.18 Å². The van der Waals surface area contributed by atoms with Gasteiger partial charge in [-0.1, -0.05) is 12.1 Å². The first-order valence-electron chi connectivity index (χ1n) is 5.22. The highest BCUT2D eigenvalue weighted by Gasteiger charge is 2.31. The molecule has 0 saturated heterocycles. The summed E-state index contributed by atoms with van der Waals surface area (Å²) in [7, 11) is 0. The van der Waals surface area contributed by atoms with Crippen LogP contribution in [0.4, 0.5) is 30.4 Å². The Bertz CT molecular complexity index is 599. The van der Waals surface area contributed by atoms with E-state index >= 15 is 0 Å². The van der Waals surface area contributed by atoms with Gasteiger partial charge in [0.15, 0.2) is 0 Å². The summed E-state index contributed by atoms with van der Waals surface area (Å²) >= 11 is 3.29. The Morgan fingerprint density at radius 2 is 1.84 bits per heavy atom. The Hall–Kier alpha value is -1.76. The van der Waals surface area contributed by atoms with Gasteiger partial charge in [-0.15, -0.1) is 0 Å². The molecular formula is C12H9BrF3N3. The minimum atomic E-state index is -4.45. The minimum Gasteiger partial charge on any atom is -0.382 e. The first kappa shape index (κ1) is 13.7. The lowest BCUT2D eigenvalue weighted by Gasteiger charge is -2.13. The van der Waals surface area contributed by atoms with Crippen molar-refractivity contribution in [1.82, 2.24) is 4.98 Å². The fourth-order valence-electron chi connectivity index (χ4n) is 1.44. The Labute approximate surface area is 115 Å². The van der Waals surface area contributed by atoms with Crippen LogP contribution >= 0.6 is 15.9 Å². The van der Waals surface area contributed by atoms with Crippen LogP contribution in [0.25, 0.3) is 0 Å². The monoisotopic (exact) mass is 331 g/mol. The van der Waals surface area contributed by atoms with Crippen molar-refractivity contribution in [3.8, 4) is 0 Å². The topological polar surface area (TPSA) is 50.9 Å². The lowest BCUT2D eigenvalue weighted by molar-refractivity contribution is -0.137. The van der Waals surface area contributed by atoms with Crippen LogP contribution in [0.15, 0.2) is 41.0 Å². The highest BCUT2D eigenvalue weighted by molar-refractivity contribution is 9.10. The predicted molar refractivity (Wildman–Crippen MR) is 71.1 cm³/mol. The molecule has 0 unspecified atom stereocenters. The molecule has 0 bridgehead atoms. The molecule has 0 atom stereocenters. The second-order valence-electron chi connectivity index (χ2n) is 3.76. The Balaban J connectivity index is 2.38. The summed E-state index contributed by atoms with van der Waals surface area (Å²) in [5.41, 5.74) is 5.44. The summed E-state index contributed by atoms with van der Waals surface area (Å²) in [5, 5.41) is 2.82. The molecule has 2 aromatic rings. The molecule has 0 amide bonds. The lowest BCUT2D eigenvalue weighted by atomic mass is 10.2. The Morgan fingerprint density at radius 1 is 1.16 bits per heavy atom. The zero-order chi connectivity index (χ0) is 14.0. The Kier molecular flexibility index (Phi) is 3.66. The second-order valence-corrected chi connectivity index (χ2v) is 4.61. The minimum absolute atomic E-state index is 0.00348. The number of alkyl halides is 3. The highest BCUT2D eigenvalue weighted by atomic mass is 79.9. The van der Waals surface area contributed by atoms with Gasteiger partial charge >= 0.3 is 6.18 Å². The summed E-state index contributed by atoms with van der Waals surface area (Å²) in [6, 6.07) is 7.96. The van der Waals surface area contributed by atoms with E-state index in [2.05, 4.69) is 26.2 Å². The number of anilines is 3. The van der Waals surface area contributed by atoms with Gasteiger partial charge in [-0.05, 0) is 34.1 Å². The number of aromatic nitrogens is 1. The van der Waals surface area contributed by atoms with E-state index in [4.69, 9.17) is 5.73 Å². The smallest absolute Gasteiger partial charge is 0.382 e. The van der Waals surface area contributed by atoms with Gasteiger partial charge in [0.1, 0.15) is 5.82 Å². The third-order valence-electron chi connectivity index (χ3n) is 2.39. The van der Waals surface area contributed by atoms with Gasteiger partial charge in [-0.2, -0.15) is 13.2 Å². The normalized spacial score (nSPS) is 11.4. The summed E-state index contributed by atoms with van der Waals surface area (Å²) < 4.78 is 38.5. The number of pyridine rings is 1. The maximum atomic E-state index is 12.6. The van der Waals surface area contributed by atoms with Crippen LogP contribution < -0.4 is 11.1 Å². The third kappa shape index (κ3) is 3.17. The Morgan fingerprint density at radius 3 is 2.47 bits per heavy atom. The highest BCUT2D eigenvalue weighted by Crippen LogP contribution is 2.34. The van der Waals surface area contributed by atoms with E-state index in [1.807, 2.05) is 0 Å². The largest absolute Gasteiger partial charge is 0.417 e.